The van der Waals surface area contributed by atoms with Crippen LogP contribution in [0, 0.1) is 5.92 Å². The van der Waals surface area contributed by atoms with Crippen molar-refractivity contribution in [3.05, 3.63) is 23.8 Å². The third-order valence-corrected chi connectivity index (χ3v) is 3.25. The molecular formula is C16H27NO2. The lowest BCUT2D eigenvalue weighted by atomic mass is 9.97. The highest BCUT2D eigenvalue weighted by molar-refractivity contribution is 5.39. The van der Waals surface area contributed by atoms with E-state index in [0.717, 1.165) is 31.0 Å². The van der Waals surface area contributed by atoms with E-state index in [1.54, 1.807) is 14.2 Å². The van der Waals surface area contributed by atoms with Crippen molar-refractivity contribution in [1.29, 1.82) is 0 Å². The lowest BCUT2D eigenvalue weighted by molar-refractivity contribution is 0.392. The molecule has 0 amide bonds. The van der Waals surface area contributed by atoms with E-state index < -0.39 is 0 Å². The third-order valence-electron chi connectivity index (χ3n) is 3.25. The maximum absolute atomic E-state index is 5.31. The van der Waals surface area contributed by atoms with Crippen LogP contribution in [0.1, 0.15) is 38.7 Å². The molecule has 3 heteroatoms. The molecule has 1 atom stereocenters. The molecule has 0 aliphatic rings. The molecule has 1 N–H and O–H groups in total. The summed E-state index contributed by atoms with van der Waals surface area (Å²) in [5.41, 5.74) is 1.27. The van der Waals surface area contributed by atoms with Crippen LogP contribution >= 0.6 is 0 Å². The smallest absolute Gasteiger partial charge is 0.122 e. The molecule has 108 valence electrons. The monoisotopic (exact) mass is 265 g/mol. The Labute approximate surface area is 117 Å². The zero-order valence-electron chi connectivity index (χ0n) is 12.8. The van der Waals surface area contributed by atoms with Crippen molar-refractivity contribution in [3.63, 3.8) is 0 Å². The maximum Gasteiger partial charge on any atom is 0.122 e. The first-order valence-electron chi connectivity index (χ1n) is 7.00. The van der Waals surface area contributed by atoms with E-state index in [0.29, 0.717) is 11.8 Å². The molecule has 0 spiro atoms. The van der Waals surface area contributed by atoms with Gasteiger partial charge in [-0.15, -0.1) is 0 Å². The Morgan fingerprint density at radius 2 is 1.58 bits per heavy atom. The van der Waals surface area contributed by atoms with Crippen molar-refractivity contribution >= 4 is 0 Å². The van der Waals surface area contributed by atoms with Crippen LogP contribution in [0.5, 0.6) is 11.5 Å². The number of hydrogen-bond acceptors (Lipinski definition) is 3. The fourth-order valence-electron chi connectivity index (χ4n) is 1.99. The van der Waals surface area contributed by atoms with Gasteiger partial charge in [0.25, 0.3) is 0 Å². The number of methoxy groups -OCH3 is 2. The van der Waals surface area contributed by atoms with Crippen molar-refractivity contribution in [3.8, 4) is 11.5 Å². The van der Waals surface area contributed by atoms with E-state index in [4.69, 9.17) is 9.47 Å². The van der Waals surface area contributed by atoms with E-state index in [2.05, 4.69) is 38.2 Å². The van der Waals surface area contributed by atoms with Gasteiger partial charge in [0.15, 0.2) is 0 Å². The second kappa shape index (κ2) is 8.05. The molecule has 0 heterocycles. The summed E-state index contributed by atoms with van der Waals surface area (Å²) >= 11 is 0. The first-order chi connectivity index (χ1) is 9.06. The molecule has 1 unspecified atom stereocenters. The van der Waals surface area contributed by atoms with Gasteiger partial charge in [0.05, 0.1) is 14.2 Å². The Morgan fingerprint density at radius 1 is 1.00 bits per heavy atom. The Balaban J connectivity index is 2.57. The summed E-state index contributed by atoms with van der Waals surface area (Å²) in [4.78, 5) is 0. The normalized spacial score (nSPS) is 12.5. The molecule has 1 aromatic rings. The molecule has 19 heavy (non-hydrogen) atoms. The molecule has 1 aromatic carbocycles. The summed E-state index contributed by atoms with van der Waals surface area (Å²) in [6.45, 7) is 8.81. The van der Waals surface area contributed by atoms with Crippen LogP contribution in [0.15, 0.2) is 18.2 Å². The largest absolute Gasteiger partial charge is 0.497 e. The van der Waals surface area contributed by atoms with Crippen molar-refractivity contribution in [2.75, 3.05) is 27.3 Å². The summed E-state index contributed by atoms with van der Waals surface area (Å²) in [6.07, 6.45) is 1.11. The minimum Gasteiger partial charge on any atom is -0.497 e. The highest BCUT2D eigenvalue weighted by atomic mass is 16.5. The standard InChI is InChI=1S/C16H27NO2/c1-12(2)11-17-7-6-13(3)14-8-15(18-4)10-16(9-14)19-5/h8-10,12-13,17H,6-7,11H2,1-5H3. The van der Waals surface area contributed by atoms with Crippen molar-refractivity contribution in [1.82, 2.24) is 5.32 Å². The van der Waals surface area contributed by atoms with E-state index in [-0.39, 0.29) is 0 Å². The molecule has 1 rings (SSSR count). The topological polar surface area (TPSA) is 30.5 Å². The minimum absolute atomic E-state index is 0.490. The lowest BCUT2D eigenvalue weighted by Crippen LogP contribution is -2.21. The fourth-order valence-corrected chi connectivity index (χ4v) is 1.99. The van der Waals surface area contributed by atoms with Crippen molar-refractivity contribution in [2.24, 2.45) is 5.92 Å². The number of rotatable bonds is 8. The Hall–Kier alpha value is -1.22. The van der Waals surface area contributed by atoms with Crippen molar-refractivity contribution < 1.29 is 9.47 Å². The van der Waals surface area contributed by atoms with Gasteiger partial charge in [-0.2, -0.15) is 0 Å². The third kappa shape index (κ3) is 5.52. The van der Waals surface area contributed by atoms with Gasteiger partial charge in [-0.1, -0.05) is 20.8 Å². The number of hydrogen-bond donors (Lipinski definition) is 1. The van der Waals surface area contributed by atoms with Gasteiger partial charge in [-0.05, 0) is 49.0 Å². The van der Waals surface area contributed by atoms with Crippen molar-refractivity contribution in [2.45, 2.75) is 33.1 Å². The lowest BCUT2D eigenvalue weighted by Gasteiger charge is -2.15. The Kier molecular flexibility index (Phi) is 6.71. The van der Waals surface area contributed by atoms with Crippen LogP contribution in [0.3, 0.4) is 0 Å². The average molecular weight is 265 g/mol. The number of nitrogens with one attached hydrogen (secondary N) is 1. The summed E-state index contributed by atoms with van der Waals surface area (Å²) in [6, 6.07) is 6.10. The molecule has 0 saturated heterocycles. The van der Waals surface area contributed by atoms with Crippen LogP contribution < -0.4 is 14.8 Å². The van der Waals surface area contributed by atoms with Gasteiger partial charge >= 0.3 is 0 Å². The van der Waals surface area contributed by atoms with Gasteiger partial charge < -0.3 is 14.8 Å². The number of benzene rings is 1. The maximum atomic E-state index is 5.31. The van der Waals surface area contributed by atoms with Crippen LogP contribution in [-0.2, 0) is 0 Å². The second-order valence-corrected chi connectivity index (χ2v) is 5.43. The zero-order valence-corrected chi connectivity index (χ0v) is 12.8. The molecule has 0 bridgehead atoms. The molecule has 0 aliphatic heterocycles. The molecule has 0 aromatic heterocycles. The predicted octanol–water partition coefficient (Wildman–Crippen LogP) is 3.44. The minimum atomic E-state index is 0.490. The zero-order chi connectivity index (χ0) is 14.3. The quantitative estimate of drug-likeness (QED) is 0.730. The Morgan fingerprint density at radius 3 is 2.05 bits per heavy atom. The molecule has 3 nitrogen and oxygen atoms in total. The summed E-state index contributed by atoms with van der Waals surface area (Å²) in [7, 11) is 3.38. The van der Waals surface area contributed by atoms with E-state index in [1.165, 1.54) is 5.56 Å². The fraction of sp³-hybridized carbons (Fsp3) is 0.625. The summed E-state index contributed by atoms with van der Waals surface area (Å²) in [5.74, 6) is 2.91. The van der Waals surface area contributed by atoms with E-state index in [1.807, 2.05) is 6.07 Å². The molecule has 0 fully saturated rings. The first kappa shape index (κ1) is 15.8. The highest BCUT2D eigenvalue weighted by Gasteiger charge is 2.09. The molecule has 0 radical (unpaired) electrons. The van der Waals surface area contributed by atoms with Crippen LogP contribution in [0.25, 0.3) is 0 Å². The van der Waals surface area contributed by atoms with E-state index in [9.17, 15) is 0 Å². The summed E-state index contributed by atoms with van der Waals surface area (Å²) < 4.78 is 10.6. The molecular weight excluding hydrogens is 238 g/mol. The van der Waals surface area contributed by atoms with Gasteiger partial charge in [0.2, 0.25) is 0 Å². The van der Waals surface area contributed by atoms with Crippen LogP contribution in [-0.4, -0.2) is 27.3 Å². The molecule has 0 saturated carbocycles. The summed E-state index contributed by atoms with van der Waals surface area (Å²) in [5, 5.41) is 3.48. The highest BCUT2D eigenvalue weighted by Crippen LogP contribution is 2.28. The predicted molar refractivity (Wildman–Crippen MR) is 80.3 cm³/mol. The van der Waals surface area contributed by atoms with E-state index >= 15 is 0 Å². The average Bonchev–Trinajstić information content (AvgIpc) is 2.42. The van der Waals surface area contributed by atoms with Gasteiger partial charge in [0.1, 0.15) is 11.5 Å². The number of ether oxygens (including phenoxy) is 2. The SMILES string of the molecule is COc1cc(OC)cc(C(C)CCNCC(C)C)c1. The van der Waals surface area contributed by atoms with Crippen LogP contribution in [0.2, 0.25) is 0 Å². The first-order valence-corrected chi connectivity index (χ1v) is 7.00. The molecule has 0 aliphatic carbocycles. The van der Waals surface area contributed by atoms with Gasteiger partial charge in [-0.25, -0.2) is 0 Å². The van der Waals surface area contributed by atoms with Gasteiger partial charge in [-0.3, -0.25) is 0 Å². The second-order valence-electron chi connectivity index (χ2n) is 5.43. The van der Waals surface area contributed by atoms with Gasteiger partial charge in [0, 0.05) is 6.07 Å². The Bertz CT molecular complexity index is 355. The van der Waals surface area contributed by atoms with Crippen LogP contribution in [0.4, 0.5) is 0 Å².